The molecular formula is C25H28N8O3. The minimum atomic E-state index is -0.0296. The molecule has 0 amide bonds. The van der Waals surface area contributed by atoms with Crippen molar-refractivity contribution in [1.82, 2.24) is 29.7 Å². The average Bonchev–Trinajstić information content (AvgIpc) is 3.33. The number of ether oxygens (including phenoxy) is 2. The van der Waals surface area contributed by atoms with Gasteiger partial charge in [0.15, 0.2) is 17.4 Å². The average molecular weight is 489 g/mol. The molecule has 0 spiro atoms. The molecular weight excluding hydrogens is 460 g/mol. The van der Waals surface area contributed by atoms with Crippen molar-refractivity contribution in [3.05, 3.63) is 54.6 Å². The molecule has 0 aliphatic rings. The zero-order chi connectivity index (χ0) is 25.7. The Kier molecular flexibility index (Phi) is 7.38. The maximum atomic E-state index is 12.8. The Balaban J connectivity index is 1.76. The van der Waals surface area contributed by atoms with Crippen LogP contribution in [0.1, 0.15) is 30.6 Å². The summed E-state index contributed by atoms with van der Waals surface area (Å²) in [6.45, 7) is 4.14. The van der Waals surface area contributed by atoms with E-state index in [1.165, 1.54) is 0 Å². The molecule has 0 bridgehead atoms. The van der Waals surface area contributed by atoms with E-state index < -0.39 is 0 Å². The number of methoxy groups -OCH3 is 1. The lowest BCUT2D eigenvalue weighted by atomic mass is 10.1. The van der Waals surface area contributed by atoms with Gasteiger partial charge in [0.05, 0.1) is 36.2 Å². The van der Waals surface area contributed by atoms with Crippen molar-refractivity contribution < 1.29 is 14.3 Å². The number of aryl methyl sites for hydroxylation is 1. The molecule has 3 aromatic heterocycles. The van der Waals surface area contributed by atoms with Crippen LogP contribution < -0.4 is 19.7 Å². The molecule has 0 aliphatic carbocycles. The van der Waals surface area contributed by atoms with Gasteiger partial charge in [0.25, 0.3) is 0 Å². The number of rotatable bonds is 10. The van der Waals surface area contributed by atoms with Gasteiger partial charge in [0, 0.05) is 39.0 Å². The van der Waals surface area contributed by atoms with Gasteiger partial charge in [-0.25, -0.2) is 15.0 Å². The molecule has 186 valence electrons. The predicted molar refractivity (Wildman–Crippen MR) is 136 cm³/mol. The van der Waals surface area contributed by atoms with Crippen molar-refractivity contribution in [2.45, 2.75) is 20.3 Å². The second kappa shape index (κ2) is 10.8. The van der Waals surface area contributed by atoms with Crippen molar-refractivity contribution in [3.63, 3.8) is 0 Å². The number of nitrogens with zero attached hydrogens (tertiary/aromatic N) is 7. The number of carbonyl (C=O) groups excluding carboxylic acids is 1. The Bertz CT molecular complexity index is 1370. The van der Waals surface area contributed by atoms with Gasteiger partial charge in [-0.2, -0.15) is 10.1 Å². The second-order valence-corrected chi connectivity index (χ2v) is 7.80. The largest absolute Gasteiger partial charge is 0.494 e. The molecule has 11 nitrogen and oxygen atoms in total. The predicted octanol–water partition coefficient (Wildman–Crippen LogP) is 4.18. The molecule has 4 rings (SSSR count). The minimum absolute atomic E-state index is 0.0296. The number of Topliss-reactive ketones (excluding diaryl/α,β-unsaturated/α-hetero) is 1. The lowest BCUT2D eigenvalue weighted by Gasteiger charge is -2.25. The first kappa shape index (κ1) is 24.6. The summed E-state index contributed by atoms with van der Waals surface area (Å²) < 4.78 is 12.8. The van der Waals surface area contributed by atoms with Crippen LogP contribution in [0.2, 0.25) is 0 Å². The summed E-state index contributed by atoms with van der Waals surface area (Å²) in [6, 6.07) is 9.49. The van der Waals surface area contributed by atoms with Crippen molar-refractivity contribution >= 4 is 28.8 Å². The van der Waals surface area contributed by atoms with Gasteiger partial charge in [-0.15, -0.1) is 0 Å². The van der Waals surface area contributed by atoms with Crippen molar-refractivity contribution in [2.75, 3.05) is 31.0 Å². The Morgan fingerprint density at radius 3 is 2.64 bits per heavy atom. The fourth-order valence-corrected chi connectivity index (χ4v) is 3.71. The van der Waals surface area contributed by atoms with Crippen molar-refractivity contribution in [2.24, 2.45) is 7.05 Å². The molecule has 11 heteroatoms. The number of anilines is 4. The Morgan fingerprint density at radius 2 is 1.94 bits per heavy atom. The zero-order valence-corrected chi connectivity index (χ0v) is 20.9. The SMILES string of the molecule is CCOc1nccc(Nc2cc(N(C)c3cccc(-c4ncn(C)n4)c3OC)c(C(=O)CC)cn2)n1. The van der Waals surface area contributed by atoms with E-state index in [4.69, 9.17) is 9.47 Å². The van der Waals surface area contributed by atoms with Crippen molar-refractivity contribution in [1.29, 1.82) is 0 Å². The molecule has 3 heterocycles. The van der Waals surface area contributed by atoms with Crippen LogP contribution in [0.4, 0.5) is 23.0 Å². The number of hydrogen-bond acceptors (Lipinski definition) is 10. The van der Waals surface area contributed by atoms with Crippen LogP contribution in [0.5, 0.6) is 11.8 Å². The van der Waals surface area contributed by atoms with Gasteiger partial charge in [0.2, 0.25) is 0 Å². The van der Waals surface area contributed by atoms with Crippen LogP contribution in [0, 0.1) is 0 Å². The standard InChI is InChI=1S/C25H28N8O3/c1-6-20(34)17-14-27-22(29-21-11-12-26-25(30-21)36-7-2)13-19(17)33(4)18-10-8-9-16(23(18)35-5)24-28-15-32(3)31-24/h8-15H,6-7H2,1-5H3,(H,26,27,29,30). The van der Waals surface area contributed by atoms with Crippen molar-refractivity contribution in [3.8, 4) is 23.1 Å². The molecule has 4 aromatic rings. The van der Waals surface area contributed by atoms with Crippen LogP contribution in [-0.2, 0) is 7.05 Å². The van der Waals surface area contributed by atoms with E-state index in [0.29, 0.717) is 47.5 Å². The molecule has 0 fully saturated rings. The van der Waals surface area contributed by atoms with Crippen LogP contribution in [0.25, 0.3) is 11.4 Å². The molecule has 36 heavy (non-hydrogen) atoms. The van der Waals surface area contributed by atoms with E-state index in [-0.39, 0.29) is 11.8 Å². The number of nitrogens with one attached hydrogen (secondary N) is 1. The first-order chi connectivity index (χ1) is 17.4. The highest BCUT2D eigenvalue weighted by atomic mass is 16.5. The van der Waals surface area contributed by atoms with Gasteiger partial charge in [-0.3, -0.25) is 9.48 Å². The molecule has 0 saturated heterocycles. The second-order valence-electron chi connectivity index (χ2n) is 7.80. The van der Waals surface area contributed by atoms with Crippen LogP contribution >= 0.6 is 0 Å². The molecule has 0 aliphatic heterocycles. The number of aromatic nitrogens is 6. The summed E-state index contributed by atoms with van der Waals surface area (Å²) in [5.41, 5.74) is 2.63. The normalized spacial score (nSPS) is 10.7. The highest BCUT2D eigenvalue weighted by Gasteiger charge is 2.22. The summed E-state index contributed by atoms with van der Waals surface area (Å²) in [5.74, 6) is 2.13. The summed E-state index contributed by atoms with van der Waals surface area (Å²) in [4.78, 5) is 32.0. The molecule has 1 N–H and O–H groups in total. The van der Waals surface area contributed by atoms with Crippen LogP contribution in [0.3, 0.4) is 0 Å². The first-order valence-corrected chi connectivity index (χ1v) is 11.5. The number of carbonyl (C=O) groups is 1. The summed E-state index contributed by atoms with van der Waals surface area (Å²) in [5, 5.41) is 7.58. The van der Waals surface area contributed by atoms with Gasteiger partial charge in [-0.1, -0.05) is 13.0 Å². The van der Waals surface area contributed by atoms with E-state index in [9.17, 15) is 4.79 Å². The fourth-order valence-electron chi connectivity index (χ4n) is 3.71. The monoisotopic (exact) mass is 488 g/mol. The topological polar surface area (TPSA) is 120 Å². The summed E-state index contributed by atoms with van der Waals surface area (Å²) >= 11 is 0. The van der Waals surface area contributed by atoms with E-state index in [1.54, 1.807) is 42.6 Å². The van der Waals surface area contributed by atoms with Gasteiger partial charge in [0.1, 0.15) is 18.0 Å². The Hall–Kier alpha value is -4.54. The van der Waals surface area contributed by atoms with Gasteiger partial charge in [-0.05, 0) is 25.1 Å². The van der Waals surface area contributed by atoms with E-state index in [0.717, 1.165) is 11.3 Å². The third kappa shape index (κ3) is 5.09. The van der Waals surface area contributed by atoms with E-state index >= 15 is 0 Å². The number of pyridine rings is 1. The third-order valence-electron chi connectivity index (χ3n) is 5.43. The quantitative estimate of drug-likeness (QED) is 0.325. The maximum absolute atomic E-state index is 12.8. The summed E-state index contributed by atoms with van der Waals surface area (Å²) in [7, 11) is 5.28. The molecule has 0 saturated carbocycles. The molecule has 1 aromatic carbocycles. The number of para-hydroxylation sites is 1. The molecule has 0 unspecified atom stereocenters. The van der Waals surface area contributed by atoms with Crippen LogP contribution in [-0.4, -0.2) is 56.3 Å². The number of hydrogen-bond donors (Lipinski definition) is 1. The van der Waals surface area contributed by atoms with Gasteiger partial charge >= 0.3 is 6.01 Å². The summed E-state index contributed by atoms with van der Waals surface area (Å²) in [6.07, 6.45) is 5.15. The zero-order valence-electron chi connectivity index (χ0n) is 20.9. The maximum Gasteiger partial charge on any atom is 0.318 e. The molecule has 0 radical (unpaired) electrons. The fraction of sp³-hybridized carbons (Fsp3) is 0.280. The highest BCUT2D eigenvalue weighted by molar-refractivity contribution is 6.02. The Labute approximate surface area is 209 Å². The highest BCUT2D eigenvalue weighted by Crippen LogP contribution is 2.40. The third-order valence-corrected chi connectivity index (χ3v) is 5.43. The Morgan fingerprint density at radius 1 is 1.11 bits per heavy atom. The van der Waals surface area contributed by atoms with E-state index in [2.05, 4.69) is 30.4 Å². The number of benzene rings is 1. The first-order valence-electron chi connectivity index (χ1n) is 11.5. The van der Waals surface area contributed by atoms with E-state index in [1.807, 2.05) is 51.0 Å². The minimum Gasteiger partial charge on any atom is -0.494 e. The van der Waals surface area contributed by atoms with Crippen LogP contribution in [0.15, 0.2) is 49.1 Å². The lowest BCUT2D eigenvalue weighted by molar-refractivity contribution is 0.0988. The van der Waals surface area contributed by atoms with Gasteiger partial charge < -0.3 is 19.7 Å². The smallest absolute Gasteiger partial charge is 0.318 e. The molecule has 0 atom stereocenters. The number of ketones is 1. The lowest BCUT2D eigenvalue weighted by Crippen LogP contribution is -2.16.